The molecular formula is C13H22N2O2. The molecule has 0 spiro atoms. The van der Waals surface area contributed by atoms with Gasteiger partial charge in [0.15, 0.2) is 0 Å². The Kier molecular flexibility index (Phi) is 5.38. The van der Waals surface area contributed by atoms with E-state index in [1.165, 1.54) is 0 Å². The van der Waals surface area contributed by atoms with Crippen LogP contribution < -0.4 is 10.5 Å². The van der Waals surface area contributed by atoms with Crippen LogP contribution in [0.4, 0.5) is 0 Å². The van der Waals surface area contributed by atoms with Gasteiger partial charge in [0.25, 0.3) is 0 Å². The number of pyridine rings is 1. The van der Waals surface area contributed by atoms with Crippen molar-refractivity contribution in [1.82, 2.24) is 4.98 Å². The van der Waals surface area contributed by atoms with E-state index >= 15 is 0 Å². The lowest BCUT2D eigenvalue weighted by Crippen LogP contribution is -2.34. The fourth-order valence-corrected chi connectivity index (χ4v) is 1.88. The number of hydrogen-bond acceptors (Lipinski definition) is 4. The summed E-state index contributed by atoms with van der Waals surface area (Å²) in [7, 11) is 1.62. The zero-order valence-corrected chi connectivity index (χ0v) is 11.0. The molecule has 0 bridgehead atoms. The third-order valence-corrected chi connectivity index (χ3v) is 2.71. The van der Waals surface area contributed by atoms with Gasteiger partial charge in [0.1, 0.15) is 11.4 Å². The van der Waals surface area contributed by atoms with Gasteiger partial charge in [-0.1, -0.05) is 13.8 Å². The van der Waals surface area contributed by atoms with E-state index in [0.29, 0.717) is 18.3 Å². The Bertz CT molecular complexity index is 342. The van der Waals surface area contributed by atoms with E-state index in [-0.39, 0.29) is 12.1 Å². The zero-order valence-electron chi connectivity index (χ0n) is 11.0. The first-order valence-corrected chi connectivity index (χ1v) is 5.97. The van der Waals surface area contributed by atoms with Gasteiger partial charge in [-0.05, 0) is 25.0 Å². The Morgan fingerprint density at radius 2 is 2.12 bits per heavy atom. The van der Waals surface area contributed by atoms with Crippen LogP contribution in [0.15, 0.2) is 18.3 Å². The molecule has 17 heavy (non-hydrogen) atoms. The standard InChI is InChI=1S/C13H22N2O2/c1-5-17-13(9(2)3)11(14)12-10(16-4)7-6-8-15-12/h6-9,11,13H,5,14H2,1-4H3. The second-order valence-electron chi connectivity index (χ2n) is 4.28. The summed E-state index contributed by atoms with van der Waals surface area (Å²) in [5.74, 6) is 1.04. The highest BCUT2D eigenvalue weighted by molar-refractivity contribution is 5.30. The third kappa shape index (κ3) is 3.41. The monoisotopic (exact) mass is 238 g/mol. The van der Waals surface area contributed by atoms with Crippen LogP contribution in [0.3, 0.4) is 0 Å². The molecule has 4 heteroatoms. The SMILES string of the molecule is CCOC(C(C)C)C(N)c1ncccc1OC. The molecule has 1 rings (SSSR count). The van der Waals surface area contributed by atoms with Crippen molar-refractivity contribution in [3.63, 3.8) is 0 Å². The highest BCUT2D eigenvalue weighted by Gasteiger charge is 2.26. The van der Waals surface area contributed by atoms with E-state index in [1.54, 1.807) is 13.3 Å². The molecule has 1 aromatic rings. The van der Waals surface area contributed by atoms with Crippen LogP contribution in [0.5, 0.6) is 5.75 Å². The predicted octanol–water partition coefficient (Wildman–Crippen LogP) is 2.15. The van der Waals surface area contributed by atoms with Crippen molar-refractivity contribution in [2.45, 2.75) is 32.9 Å². The second-order valence-corrected chi connectivity index (χ2v) is 4.28. The van der Waals surface area contributed by atoms with E-state index in [4.69, 9.17) is 15.2 Å². The number of hydrogen-bond donors (Lipinski definition) is 1. The molecule has 2 atom stereocenters. The molecule has 0 aliphatic rings. The van der Waals surface area contributed by atoms with Gasteiger partial charge in [0.2, 0.25) is 0 Å². The van der Waals surface area contributed by atoms with Gasteiger partial charge < -0.3 is 15.2 Å². The maximum absolute atomic E-state index is 6.24. The van der Waals surface area contributed by atoms with Gasteiger partial charge in [0.05, 0.1) is 19.3 Å². The maximum atomic E-state index is 6.24. The molecule has 1 heterocycles. The summed E-state index contributed by atoms with van der Waals surface area (Å²) in [6, 6.07) is 3.43. The van der Waals surface area contributed by atoms with E-state index in [2.05, 4.69) is 18.8 Å². The van der Waals surface area contributed by atoms with E-state index in [0.717, 1.165) is 5.69 Å². The Balaban J connectivity index is 2.96. The molecule has 4 nitrogen and oxygen atoms in total. The molecule has 0 radical (unpaired) electrons. The van der Waals surface area contributed by atoms with Crippen molar-refractivity contribution in [3.8, 4) is 5.75 Å². The summed E-state index contributed by atoms with van der Waals surface area (Å²) in [5, 5.41) is 0. The quantitative estimate of drug-likeness (QED) is 0.825. The Morgan fingerprint density at radius 3 is 2.65 bits per heavy atom. The van der Waals surface area contributed by atoms with Crippen LogP contribution >= 0.6 is 0 Å². The molecule has 0 saturated heterocycles. The van der Waals surface area contributed by atoms with Gasteiger partial charge in [-0.25, -0.2) is 0 Å². The normalized spacial score (nSPS) is 14.7. The summed E-state index contributed by atoms with van der Waals surface area (Å²) < 4.78 is 11.0. The van der Waals surface area contributed by atoms with Crippen molar-refractivity contribution in [2.75, 3.05) is 13.7 Å². The predicted molar refractivity (Wildman–Crippen MR) is 68.0 cm³/mol. The van der Waals surface area contributed by atoms with Crippen LogP contribution in [0.25, 0.3) is 0 Å². The highest BCUT2D eigenvalue weighted by atomic mass is 16.5. The first kappa shape index (κ1) is 13.9. The fourth-order valence-electron chi connectivity index (χ4n) is 1.88. The molecule has 0 amide bonds. The van der Waals surface area contributed by atoms with Crippen LogP contribution in [0.1, 0.15) is 32.5 Å². The molecular weight excluding hydrogens is 216 g/mol. The minimum atomic E-state index is -0.272. The second kappa shape index (κ2) is 6.57. The first-order chi connectivity index (χ1) is 8.11. The van der Waals surface area contributed by atoms with Crippen molar-refractivity contribution in [2.24, 2.45) is 11.7 Å². The summed E-state index contributed by atoms with van der Waals surface area (Å²) in [6.45, 7) is 6.80. The van der Waals surface area contributed by atoms with E-state index < -0.39 is 0 Å². The summed E-state index contributed by atoms with van der Waals surface area (Å²) in [6.07, 6.45) is 1.67. The average Bonchev–Trinajstić information content (AvgIpc) is 2.34. The molecule has 2 unspecified atom stereocenters. The summed E-state index contributed by atoms with van der Waals surface area (Å²) in [4.78, 5) is 4.30. The van der Waals surface area contributed by atoms with Gasteiger partial charge in [-0.15, -0.1) is 0 Å². The summed E-state index contributed by atoms with van der Waals surface area (Å²) in [5.41, 5.74) is 6.99. The molecule has 0 saturated carbocycles. The number of ether oxygens (including phenoxy) is 2. The topological polar surface area (TPSA) is 57.4 Å². The number of rotatable bonds is 6. The molecule has 0 aliphatic heterocycles. The maximum Gasteiger partial charge on any atom is 0.142 e. The average molecular weight is 238 g/mol. The van der Waals surface area contributed by atoms with Crippen molar-refractivity contribution >= 4 is 0 Å². The van der Waals surface area contributed by atoms with Gasteiger partial charge in [-0.2, -0.15) is 0 Å². The van der Waals surface area contributed by atoms with Crippen LogP contribution in [0.2, 0.25) is 0 Å². The number of methoxy groups -OCH3 is 1. The van der Waals surface area contributed by atoms with E-state index in [1.807, 2.05) is 19.1 Å². The zero-order chi connectivity index (χ0) is 12.8. The summed E-state index contributed by atoms with van der Waals surface area (Å²) >= 11 is 0. The highest BCUT2D eigenvalue weighted by Crippen LogP contribution is 2.27. The first-order valence-electron chi connectivity index (χ1n) is 5.97. The number of aromatic nitrogens is 1. The number of nitrogens with zero attached hydrogens (tertiary/aromatic N) is 1. The minimum absolute atomic E-state index is 0.0520. The Hall–Kier alpha value is -1.13. The van der Waals surface area contributed by atoms with Gasteiger partial charge >= 0.3 is 0 Å². The Morgan fingerprint density at radius 1 is 1.41 bits per heavy atom. The molecule has 0 fully saturated rings. The molecule has 0 aromatic carbocycles. The smallest absolute Gasteiger partial charge is 0.142 e. The lowest BCUT2D eigenvalue weighted by Gasteiger charge is -2.27. The molecule has 1 aromatic heterocycles. The lowest BCUT2D eigenvalue weighted by atomic mass is 9.97. The lowest BCUT2D eigenvalue weighted by molar-refractivity contribution is 0.0107. The van der Waals surface area contributed by atoms with Crippen molar-refractivity contribution in [3.05, 3.63) is 24.0 Å². The van der Waals surface area contributed by atoms with Gasteiger partial charge in [-0.3, -0.25) is 4.98 Å². The van der Waals surface area contributed by atoms with Gasteiger partial charge in [0, 0.05) is 12.8 Å². The minimum Gasteiger partial charge on any atom is -0.495 e. The third-order valence-electron chi connectivity index (χ3n) is 2.71. The molecule has 0 aliphatic carbocycles. The van der Waals surface area contributed by atoms with Crippen LogP contribution in [-0.2, 0) is 4.74 Å². The van der Waals surface area contributed by atoms with Crippen LogP contribution in [0, 0.1) is 5.92 Å². The fraction of sp³-hybridized carbons (Fsp3) is 0.615. The molecule has 2 N–H and O–H groups in total. The molecule has 96 valence electrons. The van der Waals surface area contributed by atoms with E-state index in [9.17, 15) is 0 Å². The van der Waals surface area contributed by atoms with Crippen molar-refractivity contribution < 1.29 is 9.47 Å². The largest absolute Gasteiger partial charge is 0.495 e. The Labute approximate surface area is 103 Å². The number of nitrogens with two attached hydrogens (primary N) is 1. The van der Waals surface area contributed by atoms with Crippen molar-refractivity contribution in [1.29, 1.82) is 0 Å². The van der Waals surface area contributed by atoms with Crippen LogP contribution in [-0.4, -0.2) is 24.8 Å².